The molecule has 0 bridgehead atoms. The number of nitrogens with zero attached hydrogens (tertiary/aromatic N) is 2. The van der Waals surface area contributed by atoms with Crippen LogP contribution in [-0.2, 0) is 9.53 Å². The molecule has 4 nitrogen and oxygen atoms in total. The van der Waals surface area contributed by atoms with E-state index in [9.17, 15) is 4.79 Å². The van der Waals surface area contributed by atoms with E-state index in [1.165, 1.54) is 20.0 Å². The van der Waals surface area contributed by atoms with Crippen LogP contribution < -0.4 is 0 Å². The third kappa shape index (κ3) is 3.45. The third-order valence-corrected chi connectivity index (χ3v) is 4.16. The highest BCUT2D eigenvalue weighted by Gasteiger charge is 2.34. The maximum absolute atomic E-state index is 11.9. The van der Waals surface area contributed by atoms with Gasteiger partial charge in [0.15, 0.2) is 0 Å². The second-order valence-corrected chi connectivity index (χ2v) is 5.48. The summed E-state index contributed by atoms with van der Waals surface area (Å²) in [5, 5.41) is 0. The Kier molecular flexibility index (Phi) is 5.01. The molecular weight excluding hydrogens is 228 g/mol. The van der Waals surface area contributed by atoms with Gasteiger partial charge in [0.25, 0.3) is 0 Å². The quantitative estimate of drug-likeness (QED) is 0.673. The van der Waals surface area contributed by atoms with Gasteiger partial charge in [-0.15, -0.1) is 0 Å². The molecule has 104 valence electrons. The number of carbonyl (C=O) groups is 1. The smallest absolute Gasteiger partial charge is 0.323 e. The number of hydrogen-bond donors (Lipinski definition) is 0. The molecule has 1 aliphatic carbocycles. The second-order valence-electron chi connectivity index (χ2n) is 5.48. The fourth-order valence-corrected chi connectivity index (χ4v) is 2.84. The summed E-state index contributed by atoms with van der Waals surface area (Å²) in [6.45, 7) is 6.42. The summed E-state index contributed by atoms with van der Waals surface area (Å²) in [6.07, 6.45) is 5.91. The lowest BCUT2D eigenvalue weighted by Crippen LogP contribution is -2.53. The molecule has 0 aromatic carbocycles. The van der Waals surface area contributed by atoms with Gasteiger partial charge < -0.3 is 4.74 Å². The predicted molar refractivity (Wildman–Crippen MR) is 71.5 cm³/mol. The predicted octanol–water partition coefficient (Wildman–Crippen LogP) is 1.50. The number of methoxy groups -OCH3 is 1. The van der Waals surface area contributed by atoms with Crippen molar-refractivity contribution in [2.75, 3.05) is 33.3 Å². The van der Waals surface area contributed by atoms with Gasteiger partial charge in [-0.05, 0) is 19.3 Å². The lowest BCUT2D eigenvalue weighted by Gasteiger charge is -2.38. The Bertz CT molecular complexity index is 271. The fraction of sp³-hybridized carbons (Fsp3) is 0.929. The Balaban J connectivity index is 1.84. The van der Waals surface area contributed by atoms with E-state index in [1.807, 2.05) is 0 Å². The average molecular weight is 254 g/mol. The lowest BCUT2D eigenvalue weighted by molar-refractivity contribution is -0.148. The van der Waals surface area contributed by atoms with E-state index < -0.39 is 0 Å². The van der Waals surface area contributed by atoms with Gasteiger partial charge in [0.2, 0.25) is 0 Å². The monoisotopic (exact) mass is 254 g/mol. The van der Waals surface area contributed by atoms with Crippen LogP contribution in [0.15, 0.2) is 0 Å². The summed E-state index contributed by atoms with van der Waals surface area (Å²) in [6, 6.07) is 0.829. The van der Waals surface area contributed by atoms with E-state index in [0.29, 0.717) is 0 Å². The molecule has 1 saturated heterocycles. The molecule has 0 spiro atoms. The SMILES string of the molecule is CCCCC(C(=O)OC)N1CCN(C2CC2)CC1. The summed E-state index contributed by atoms with van der Waals surface area (Å²) in [5.74, 6) is -0.0525. The summed E-state index contributed by atoms with van der Waals surface area (Å²) in [4.78, 5) is 16.8. The molecule has 0 aromatic rings. The second kappa shape index (κ2) is 6.53. The normalized spacial score (nSPS) is 23.9. The molecule has 1 unspecified atom stereocenters. The number of esters is 1. The maximum atomic E-state index is 11.9. The molecule has 1 aliphatic heterocycles. The number of unbranched alkanes of at least 4 members (excludes halogenated alkanes) is 1. The van der Waals surface area contributed by atoms with Gasteiger partial charge in [-0.3, -0.25) is 14.6 Å². The Morgan fingerprint density at radius 3 is 2.44 bits per heavy atom. The molecular formula is C14H26N2O2. The summed E-state index contributed by atoms with van der Waals surface area (Å²) in [5.41, 5.74) is 0. The third-order valence-electron chi connectivity index (χ3n) is 4.16. The molecule has 1 heterocycles. The van der Waals surface area contributed by atoms with Crippen LogP contribution in [0.25, 0.3) is 0 Å². The van der Waals surface area contributed by atoms with Crippen molar-refractivity contribution in [2.45, 2.75) is 51.1 Å². The number of rotatable bonds is 6. The van der Waals surface area contributed by atoms with Gasteiger partial charge >= 0.3 is 5.97 Å². The maximum Gasteiger partial charge on any atom is 0.323 e. The van der Waals surface area contributed by atoms with Crippen LogP contribution in [0.1, 0.15) is 39.0 Å². The van der Waals surface area contributed by atoms with E-state index in [0.717, 1.165) is 51.5 Å². The molecule has 0 aromatic heterocycles. The van der Waals surface area contributed by atoms with Crippen LogP contribution in [0.4, 0.5) is 0 Å². The molecule has 4 heteroatoms. The minimum atomic E-state index is -0.0525. The van der Waals surface area contributed by atoms with Crippen molar-refractivity contribution in [3.05, 3.63) is 0 Å². The van der Waals surface area contributed by atoms with Gasteiger partial charge in [0.1, 0.15) is 6.04 Å². The number of piperazine rings is 1. The molecule has 18 heavy (non-hydrogen) atoms. The van der Waals surface area contributed by atoms with Gasteiger partial charge in [-0.25, -0.2) is 0 Å². The topological polar surface area (TPSA) is 32.8 Å². The largest absolute Gasteiger partial charge is 0.468 e. The van der Waals surface area contributed by atoms with Gasteiger partial charge in [-0.1, -0.05) is 19.8 Å². The van der Waals surface area contributed by atoms with Gasteiger partial charge in [0, 0.05) is 32.2 Å². The van der Waals surface area contributed by atoms with E-state index in [2.05, 4.69) is 16.7 Å². The Morgan fingerprint density at radius 1 is 1.28 bits per heavy atom. The first-order valence-corrected chi connectivity index (χ1v) is 7.32. The van der Waals surface area contributed by atoms with Crippen LogP contribution in [-0.4, -0.2) is 61.1 Å². The number of carbonyl (C=O) groups excluding carboxylic acids is 1. The van der Waals surface area contributed by atoms with Gasteiger partial charge in [0.05, 0.1) is 7.11 Å². The average Bonchev–Trinajstić information content (AvgIpc) is 3.24. The van der Waals surface area contributed by atoms with E-state index in [4.69, 9.17) is 4.74 Å². The molecule has 0 amide bonds. The van der Waals surface area contributed by atoms with Crippen molar-refractivity contribution in [1.82, 2.24) is 9.80 Å². The summed E-state index contributed by atoms with van der Waals surface area (Å²) in [7, 11) is 1.50. The first-order chi connectivity index (χ1) is 8.76. The highest BCUT2D eigenvalue weighted by molar-refractivity contribution is 5.75. The zero-order chi connectivity index (χ0) is 13.0. The van der Waals surface area contributed by atoms with E-state index >= 15 is 0 Å². The zero-order valence-corrected chi connectivity index (χ0v) is 11.7. The molecule has 2 fully saturated rings. The minimum Gasteiger partial charge on any atom is -0.468 e. The van der Waals surface area contributed by atoms with Crippen LogP contribution in [0.3, 0.4) is 0 Å². The Hall–Kier alpha value is -0.610. The van der Waals surface area contributed by atoms with Crippen molar-refractivity contribution in [3.63, 3.8) is 0 Å². The molecule has 0 N–H and O–H groups in total. The fourth-order valence-electron chi connectivity index (χ4n) is 2.84. The Labute approximate surface area is 110 Å². The molecule has 1 saturated carbocycles. The highest BCUT2D eigenvalue weighted by Crippen LogP contribution is 2.28. The van der Waals surface area contributed by atoms with E-state index in [1.54, 1.807) is 0 Å². The van der Waals surface area contributed by atoms with Crippen LogP contribution in [0.5, 0.6) is 0 Å². The first kappa shape index (κ1) is 13.8. The molecule has 2 aliphatic rings. The standard InChI is InChI=1S/C14H26N2O2/c1-3-4-5-13(14(17)18-2)16-10-8-15(9-11-16)12-6-7-12/h12-13H,3-11H2,1-2H3. The van der Waals surface area contributed by atoms with Crippen LogP contribution in [0.2, 0.25) is 0 Å². The number of ether oxygens (including phenoxy) is 1. The molecule has 2 rings (SSSR count). The van der Waals surface area contributed by atoms with Crippen molar-refractivity contribution < 1.29 is 9.53 Å². The minimum absolute atomic E-state index is 0.0173. The molecule has 1 atom stereocenters. The van der Waals surface area contributed by atoms with Gasteiger partial charge in [-0.2, -0.15) is 0 Å². The van der Waals surface area contributed by atoms with Crippen molar-refractivity contribution in [2.24, 2.45) is 0 Å². The zero-order valence-electron chi connectivity index (χ0n) is 11.7. The van der Waals surface area contributed by atoms with Crippen molar-refractivity contribution in [1.29, 1.82) is 0 Å². The van der Waals surface area contributed by atoms with Crippen molar-refractivity contribution >= 4 is 5.97 Å². The number of hydrogen-bond acceptors (Lipinski definition) is 4. The molecule has 0 radical (unpaired) electrons. The lowest BCUT2D eigenvalue weighted by atomic mass is 10.1. The summed E-state index contributed by atoms with van der Waals surface area (Å²) >= 11 is 0. The van der Waals surface area contributed by atoms with Crippen LogP contribution in [0, 0.1) is 0 Å². The van der Waals surface area contributed by atoms with Crippen molar-refractivity contribution in [3.8, 4) is 0 Å². The van der Waals surface area contributed by atoms with E-state index in [-0.39, 0.29) is 12.0 Å². The Morgan fingerprint density at radius 2 is 1.94 bits per heavy atom. The van der Waals surface area contributed by atoms with Crippen LogP contribution >= 0.6 is 0 Å². The summed E-state index contributed by atoms with van der Waals surface area (Å²) < 4.78 is 4.96. The first-order valence-electron chi connectivity index (χ1n) is 7.32. The highest BCUT2D eigenvalue weighted by atomic mass is 16.5.